The number of hydrogen-bond donors (Lipinski definition) is 2. The minimum atomic E-state index is -0.188. The number of rotatable bonds is 7. The average molecular weight is 318 g/mol. The van der Waals surface area contributed by atoms with Gasteiger partial charge >= 0.3 is 0 Å². The molecule has 5 heteroatoms. The number of anilines is 2. The van der Waals surface area contributed by atoms with Crippen LogP contribution >= 0.6 is 11.6 Å². The van der Waals surface area contributed by atoms with E-state index in [1.54, 1.807) is 36.7 Å². The lowest BCUT2D eigenvalue weighted by Crippen LogP contribution is -2.13. The number of hydrogen-bond acceptors (Lipinski definition) is 3. The Labute approximate surface area is 135 Å². The summed E-state index contributed by atoms with van der Waals surface area (Å²) in [5.41, 5.74) is 2.09. The number of aromatic nitrogens is 1. The molecule has 4 nitrogen and oxygen atoms in total. The Morgan fingerprint density at radius 1 is 1.14 bits per heavy atom. The minimum Gasteiger partial charge on any atom is -0.384 e. The second-order valence-electron chi connectivity index (χ2n) is 5.06. The van der Waals surface area contributed by atoms with Crippen LogP contribution in [0.15, 0.2) is 42.7 Å². The van der Waals surface area contributed by atoms with Crippen molar-refractivity contribution >= 4 is 28.9 Å². The van der Waals surface area contributed by atoms with Crippen LogP contribution in [0.2, 0.25) is 5.02 Å². The summed E-state index contributed by atoms with van der Waals surface area (Å²) < 4.78 is 0. The van der Waals surface area contributed by atoms with Crippen molar-refractivity contribution in [2.75, 3.05) is 17.2 Å². The van der Waals surface area contributed by atoms with Gasteiger partial charge in [-0.3, -0.25) is 9.78 Å². The van der Waals surface area contributed by atoms with E-state index in [1.807, 2.05) is 6.07 Å². The van der Waals surface area contributed by atoms with Crippen molar-refractivity contribution in [1.29, 1.82) is 0 Å². The molecule has 1 aromatic heterocycles. The molecule has 0 atom stereocenters. The number of benzene rings is 1. The van der Waals surface area contributed by atoms with Crippen LogP contribution in [0.1, 0.15) is 36.5 Å². The summed E-state index contributed by atoms with van der Waals surface area (Å²) >= 11 is 5.83. The third-order valence-corrected chi connectivity index (χ3v) is 3.46. The summed E-state index contributed by atoms with van der Waals surface area (Å²) in [5, 5.41) is 6.75. The fourth-order valence-electron chi connectivity index (χ4n) is 2.00. The summed E-state index contributed by atoms with van der Waals surface area (Å²) in [7, 11) is 0. The molecular weight excluding hydrogens is 298 g/mol. The Kier molecular flexibility index (Phi) is 6.22. The van der Waals surface area contributed by atoms with Gasteiger partial charge in [-0.15, -0.1) is 0 Å². The first-order valence-electron chi connectivity index (χ1n) is 7.45. The number of unbranched alkanes of at least 4 members (excludes halogenated alkanes) is 2. The molecule has 1 aromatic carbocycles. The monoisotopic (exact) mass is 317 g/mol. The highest BCUT2D eigenvalue weighted by Gasteiger charge is 2.07. The van der Waals surface area contributed by atoms with E-state index >= 15 is 0 Å². The summed E-state index contributed by atoms with van der Waals surface area (Å²) in [6.45, 7) is 3.06. The minimum absolute atomic E-state index is 0.188. The van der Waals surface area contributed by atoms with Crippen LogP contribution < -0.4 is 10.6 Å². The van der Waals surface area contributed by atoms with Gasteiger partial charge in [0, 0.05) is 29.6 Å². The van der Waals surface area contributed by atoms with Gasteiger partial charge in [0.2, 0.25) is 0 Å². The van der Waals surface area contributed by atoms with Crippen LogP contribution in [0.25, 0.3) is 0 Å². The van der Waals surface area contributed by atoms with Gasteiger partial charge in [-0.1, -0.05) is 31.4 Å². The molecule has 0 bridgehead atoms. The molecule has 116 valence electrons. The van der Waals surface area contributed by atoms with E-state index in [0.717, 1.165) is 18.7 Å². The van der Waals surface area contributed by atoms with Gasteiger partial charge in [-0.2, -0.15) is 0 Å². The quantitative estimate of drug-likeness (QED) is 0.734. The highest BCUT2D eigenvalue weighted by Crippen LogP contribution is 2.15. The maximum absolute atomic E-state index is 12.2. The van der Waals surface area contributed by atoms with Crippen LogP contribution in [-0.2, 0) is 0 Å². The molecule has 0 aliphatic rings. The molecule has 0 saturated heterocycles. The molecular formula is C17H20ClN3O. The fraction of sp³-hybridized carbons (Fsp3) is 0.294. The zero-order valence-electron chi connectivity index (χ0n) is 12.6. The van der Waals surface area contributed by atoms with Gasteiger partial charge in [-0.25, -0.2) is 0 Å². The maximum atomic E-state index is 12.2. The topological polar surface area (TPSA) is 54.0 Å². The van der Waals surface area contributed by atoms with E-state index in [1.165, 1.54) is 12.8 Å². The van der Waals surface area contributed by atoms with E-state index in [4.69, 9.17) is 11.6 Å². The second-order valence-corrected chi connectivity index (χ2v) is 5.49. The van der Waals surface area contributed by atoms with Crippen LogP contribution in [-0.4, -0.2) is 17.4 Å². The van der Waals surface area contributed by atoms with Crippen LogP contribution in [0.3, 0.4) is 0 Å². The van der Waals surface area contributed by atoms with Crippen molar-refractivity contribution in [3.8, 4) is 0 Å². The first-order chi connectivity index (χ1) is 10.7. The van der Waals surface area contributed by atoms with Crippen molar-refractivity contribution in [2.45, 2.75) is 26.2 Å². The first kappa shape index (κ1) is 16.3. The third kappa shape index (κ3) is 5.04. The SMILES string of the molecule is CCCCCNc1cncc(C(=O)Nc2ccc(Cl)cc2)c1. The number of nitrogens with one attached hydrogen (secondary N) is 2. The lowest BCUT2D eigenvalue weighted by Gasteiger charge is -2.08. The Hall–Kier alpha value is -2.07. The summed E-state index contributed by atoms with van der Waals surface area (Å²) in [6, 6.07) is 8.81. The largest absolute Gasteiger partial charge is 0.384 e. The Morgan fingerprint density at radius 2 is 1.91 bits per heavy atom. The van der Waals surface area contributed by atoms with Crippen molar-refractivity contribution < 1.29 is 4.79 Å². The highest BCUT2D eigenvalue weighted by molar-refractivity contribution is 6.30. The van der Waals surface area contributed by atoms with Crippen LogP contribution in [0.5, 0.6) is 0 Å². The zero-order valence-corrected chi connectivity index (χ0v) is 13.4. The molecule has 2 aromatic rings. The van der Waals surface area contributed by atoms with Gasteiger partial charge in [0.1, 0.15) is 0 Å². The lowest BCUT2D eigenvalue weighted by molar-refractivity contribution is 0.102. The smallest absolute Gasteiger partial charge is 0.257 e. The van der Waals surface area contributed by atoms with Gasteiger partial charge in [0.05, 0.1) is 11.3 Å². The van der Waals surface area contributed by atoms with E-state index in [0.29, 0.717) is 16.3 Å². The molecule has 0 aliphatic carbocycles. The molecule has 22 heavy (non-hydrogen) atoms. The summed E-state index contributed by atoms with van der Waals surface area (Å²) in [4.78, 5) is 16.3. The number of carbonyl (C=O) groups excluding carboxylic acids is 1. The molecule has 0 spiro atoms. The second kappa shape index (κ2) is 8.39. The van der Waals surface area contributed by atoms with E-state index in [2.05, 4.69) is 22.5 Å². The Morgan fingerprint density at radius 3 is 2.64 bits per heavy atom. The van der Waals surface area contributed by atoms with Gasteiger partial charge in [0.15, 0.2) is 0 Å². The molecule has 0 saturated carbocycles. The number of nitrogens with zero attached hydrogens (tertiary/aromatic N) is 1. The van der Waals surface area contributed by atoms with Crippen LogP contribution in [0.4, 0.5) is 11.4 Å². The Bertz CT molecular complexity index is 614. The number of pyridine rings is 1. The number of amides is 1. The molecule has 2 rings (SSSR count). The zero-order chi connectivity index (χ0) is 15.8. The highest BCUT2D eigenvalue weighted by atomic mass is 35.5. The molecule has 0 unspecified atom stereocenters. The molecule has 0 radical (unpaired) electrons. The molecule has 2 N–H and O–H groups in total. The van der Waals surface area contributed by atoms with Crippen molar-refractivity contribution in [2.24, 2.45) is 0 Å². The average Bonchev–Trinajstić information content (AvgIpc) is 2.54. The van der Waals surface area contributed by atoms with Gasteiger partial charge < -0.3 is 10.6 Å². The predicted molar refractivity (Wildman–Crippen MR) is 91.7 cm³/mol. The normalized spacial score (nSPS) is 10.3. The number of halogens is 1. The molecule has 1 heterocycles. The van der Waals surface area contributed by atoms with E-state index in [-0.39, 0.29) is 5.91 Å². The van der Waals surface area contributed by atoms with Gasteiger partial charge in [0.25, 0.3) is 5.91 Å². The fourth-order valence-corrected chi connectivity index (χ4v) is 2.13. The predicted octanol–water partition coefficient (Wildman–Crippen LogP) is 4.59. The summed E-state index contributed by atoms with van der Waals surface area (Å²) in [6.07, 6.45) is 6.77. The molecule has 0 fully saturated rings. The van der Waals surface area contributed by atoms with Crippen molar-refractivity contribution in [3.63, 3.8) is 0 Å². The molecule has 0 aliphatic heterocycles. The van der Waals surface area contributed by atoms with Gasteiger partial charge in [-0.05, 0) is 36.8 Å². The Balaban J connectivity index is 1.96. The summed E-state index contributed by atoms with van der Waals surface area (Å²) in [5.74, 6) is -0.188. The molecule has 1 amide bonds. The number of carbonyl (C=O) groups is 1. The maximum Gasteiger partial charge on any atom is 0.257 e. The van der Waals surface area contributed by atoms with Crippen LogP contribution in [0, 0.1) is 0 Å². The first-order valence-corrected chi connectivity index (χ1v) is 7.82. The third-order valence-electron chi connectivity index (χ3n) is 3.21. The van der Waals surface area contributed by atoms with E-state index < -0.39 is 0 Å². The lowest BCUT2D eigenvalue weighted by atomic mass is 10.2. The van der Waals surface area contributed by atoms with Crippen molar-refractivity contribution in [3.05, 3.63) is 53.3 Å². The van der Waals surface area contributed by atoms with E-state index in [9.17, 15) is 4.79 Å². The standard InChI is InChI=1S/C17H20ClN3O/c1-2-3-4-9-20-16-10-13(11-19-12-16)17(22)21-15-7-5-14(18)6-8-15/h5-8,10-12,20H,2-4,9H2,1H3,(H,21,22). The van der Waals surface area contributed by atoms with Crippen molar-refractivity contribution in [1.82, 2.24) is 4.98 Å².